The Hall–Kier alpha value is -0.810. The molecule has 82 valence electrons. The first-order valence-corrected chi connectivity index (χ1v) is 5.04. The number of nitrogens with one attached hydrogen (secondary N) is 2. The first kappa shape index (κ1) is 11.3. The summed E-state index contributed by atoms with van der Waals surface area (Å²) in [4.78, 5) is 4.28. The molecule has 0 spiro atoms. The molecule has 1 fully saturated rings. The summed E-state index contributed by atoms with van der Waals surface area (Å²) in [6, 6.07) is 0.548. The number of hydrazine groups is 1. The number of ether oxygens (including phenoxy) is 1. The second-order valence-corrected chi connectivity index (χ2v) is 3.68. The zero-order valence-electron chi connectivity index (χ0n) is 8.92. The quantitative estimate of drug-likeness (QED) is 0.190. The van der Waals surface area contributed by atoms with Gasteiger partial charge in [0.25, 0.3) is 0 Å². The SMILES string of the molecule is COCCCN=C(NN)NC1CC1C. The number of aliphatic imine (C=N–C) groups is 1. The first-order valence-electron chi connectivity index (χ1n) is 5.04. The van der Waals surface area contributed by atoms with Gasteiger partial charge in [-0.3, -0.25) is 10.4 Å². The molecule has 5 heteroatoms. The minimum absolute atomic E-state index is 0.548. The normalized spacial score (nSPS) is 26.1. The minimum atomic E-state index is 0.548. The Balaban J connectivity index is 2.15. The van der Waals surface area contributed by atoms with Crippen molar-refractivity contribution in [3.8, 4) is 0 Å². The highest BCUT2D eigenvalue weighted by Gasteiger charge is 2.33. The predicted octanol–water partition coefficient (Wildman–Crippen LogP) is -0.160. The Morgan fingerprint density at radius 1 is 1.64 bits per heavy atom. The molecule has 1 saturated carbocycles. The summed E-state index contributed by atoms with van der Waals surface area (Å²) in [6.45, 7) is 3.68. The van der Waals surface area contributed by atoms with Gasteiger partial charge in [-0.15, -0.1) is 0 Å². The molecule has 0 radical (unpaired) electrons. The van der Waals surface area contributed by atoms with Crippen LogP contribution < -0.4 is 16.6 Å². The maximum absolute atomic E-state index is 5.33. The van der Waals surface area contributed by atoms with E-state index in [2.05, 4.69) is 22.7 Å². The van der Waals surface area contributed by atoms with Crippen molar-refractivity contribution in [2.45, 2.75) is 25.8 Å². The topological polar surface area (TPSA) is 71.7 Å². The van der Waals surface area contributed by atoms with Crippen molar-refractivity contribution in [1.29, 1.82) is 0 Å². The van der Waals surface area contributed by atoms with Crippen LogP contribution in [0.15, 0.2) is 4.99 Å². The molecule has 1 aliphatic carbocycles. The molecule has 0 saturated heterocycles. The number of guanidine groups is 1. The third kappa shape index (κ3) is 3.93. The second kappa shape index (κ2) is 5.82. The standard InChI is InChI=1S/C9H20N4O/c1-7-6-8(7)12-9(13-10)11-4-3-5-14-2/h7-8H,3-6,10H2,1-2H3,(H2,11,12,13). The van der Waals surface area contributed by atoms with Crippen molar-refractivity contribution in [3.05, 3.63) is 0 Å². The molecule has 0 aromatic heterocycles. The highest BCUT2D eigenvalue weighted by atomic mass is 16.5. The maximum Gasteiger partial charge on any atom is 0.205 e. The molecule has 0 amide bonds. The van der Waals surface area contributed by atoms with E-state index in [0.29, 0.717) is 12.0 Å². The zero-order valence-corrected chi connectivity index (χ0v) is 8.92. The highest BCUT2D eigenvalue weighted by Crippen LogP contribution is 2.28. The van der Waals surface area contributed by atoms with Gasteiger partial charge in [-0.25, -0.2) is 5.84 Å². The molecule has 2 unspecified atom stereocenters. The summed E-state index contributed by atoms with van der Waals surface area (Å²) in [7, 11) is 1.69. The Morgan fingerprint density at radius 2 is 2.36 bits per heavy atom. The molecular formula is C9H20N4O. The van der Waals surface area contributed by atoms with Crippen LogP contribution in [0.4, 0.5) is 0 Å². The van der Waals surface area contributed by atoms with Gasteiger partial charge >= 0.3 is 0 Å². The summed E-state index contributed by atoms with van der Waals surface area (Å²) in [6.07, 6.45) is 2.13. The van der Waals surface area contributed by atoms with E-state index in [1.165, 1.54) is 6.42 Å². The number of nitrogens with zero attached hydrogens (tertiary/aromatic N) is 1. The van der Waals surface area contributed by atoms with Crippen molar-refractivity contribution in [1.82, 2.24) is 10.7 Å². The smallest absolute Gasteiger partial charge is 0.205 e. The maximum atomic E-state index is 5.33. The Labute approximate surface area is 85.1 Å². The van der Waals surface area contributed by atoms with Gasteiger partial charge in [-0.2, -0.15) is 0 Å². The monoisotopic (exact) mass is 200 g/mol. The molecule has 2 atom stereocenters. The Bertz CT molecular complexity index is 195. The number of rotatable bonds is 5. The molecule has 0 aromatic rings. The van der Waals surface area contributed by atoms with E-state index in [4.69, 9.17) is 10.6 Å². The average molecular weight is 200 g/mol. The molecule has 1 aliphatic rings. The van der Waals surface area contributed by atoms with Gasteiger partial charge in [0, 0.05) is 26.3 Å². The summed E-state index contributed by atoms with van der Waals surface area (Å²) in [5.74, 6) is 6.77. The van der Waals surface area contributed by atoms with Crippen molar-refractivity contribution in [2.24, 2.45) is 16.8 Å². The zero-order chi connectivity index (χ0) is 10.4. The van der Waals surface area contributed by atoms with Gasteiger partial charge in [0.1, 0.15) is 0 Å². The fourth-order valence-corrected chi connectivity index (χ4v) is 1.23. The lowest BCUT2D eigenvalue weighted by Crippen LogP contribution is -2.43. The molecule has 0 aliphatic heterocycles. The van der Waals surface area contributed by atoms with E-state index in [1.807, 2.05) is 0 Å². The number of methoxy groups -OCH3 is 1. The van der Waals surface area contributed by atoms with Crippen molar-refractivity contribution < 1.29 is 4.74 Å². The lowest BCUT2D eigenvalue weighted by atomic mass is 10.4. The van der Waals surface area contributed by atoms with E-state index in [0.717, 1.165) is 25.5 Å². The molecule has 4 N–H and O–H groups in total. The van der Waals surface area contributed by atoms with Crippen LogP contribution in [0.25, 0.3) is 0 Å². The number of hydrogen-bond donors (Lipinski definition) is 3. The van der Waals surface area contributed by atoms with E-state index in [-0.39, 0.29) is 0 Å². The average Bonchev–Trinajstić information content (AvgIpc) is 2.87. The lowest BCUT2D eigenvalue weighted by molar-refractivity contribution is 0.197. The van der Waals surface area contributed by atoms with Crippen LogP contribution in [0.5, 0.6) is 0 Å². The molecule has 0 heterocycles. The van der Waals surface area contributed by atoms with E-state index in [9.17, 15) is 0 Å². The molecule has 0 bridgehead atoms. The van der Waals surface area contributed by atoms with Crippen LogP contribution in [-0.2, 0) is 4.74 Å². The van der Waals surface area contributed by atoms with Gasteiger partial charge in [-0.05, 0) is 18.8 Å². The van der Waals surface area contributed by atoms with Crippen molar-refractivity contribution in [3.63, 3.8) is 0 Å². The fourth-order valence-electron chi connectivity index (χ4n) is 1.23. The van der Waals surface area contributed by atoms with E-state index in [1.54, 1.807) is 7.11 Å². The van der Waals surface area contributed by atoms with Gasteiger partial charge in [-0.1, -0.05) is 6.92 Å². The van der Waals surface area contributed by atoms with Crippen LogP contribution >= 0.6 is 0 Å². The molecular weight excluding hydrogens is 180 g/mol. The van der Waals surface area contributed by atoms with Crippen molar-refractivity contribution in [2.75, 3.05) is 20.3 Å². The predicted molar refractivity (Wildman–Crippen MR) is 56.8 cm³/mol. The third-order valence-electron chi connectivity index (χ3n) is 2.34. The Morgan fingerprint density at radius 3 is 2.86 bits per heavy atom. The third-order valence-corrected chi connectivity index (χ3v) is 2.34. The Kier molecular flexibility index (Phi) is 4.69. The molecule has 5 nitrogen and oxygen atoms in total. The molecule has 0 aromatic carbocycles. The van der Waals surface area contributed by atoms with Gasteiger partial charge < -0.3 is 10.1 Å². The van der Waals surface area contributed by atoms with Crippen LogP contribution in [0.3, 0.4) is 0 Å². The minimum Gasteiger partial charge on any atom is -0.385 e. The van der Waals surface area contributed by atoms with Crippen LogP contribution in [0.2, 0.25) is 0 Å². The summed E-state index contributed by atoms with van der Waals surface area (Å²) in [5.41, 5.74) is 2.57. The van der Waals surface area contributed by atoms with Crippen LogP contribution in [-0.4, -0.2) is 32.3 Å². The largest absolute Gasteiger partial charge is 0.385 e. The molecule has 14 heavy (non-hydrogen) atoms. The second-order valence-electron chi connectivity index (χ2n) is 3.68. The highest BCUT2D eigenvalue weighted by molar-refractivity contribution is 5.79. The summed E-state index contributed by atoms with van der Waals surface area (Å²) >= 11 is 0. The van der Waals surface area contributed by atoms with Crippen LogP contribution in [0.1, 0.15) is 19.8 Å². The number of hydrogen-bond acceptors (Lipinski definition) is 3. The van der Waals surface area contributed by atoms with Gasteiger partial charge in [0.05, 0.1) is 0 Å². The fraction of sp³-hybridized carbons (Fsp3) is 0.889. The van der Waals surface area contributed by atoms with Gasteiger partial charge in [0.2, 0.25) is 5.96 Å². The van der Waals surface area contributed by atoms with E-state index < -0.39 is 0 Å². The molecule has 1 rings (SSSR count). The van der Waals surface area contributed by atoms with Crippen LogP contribution in [0, 0.1) is 5.92 Å². The number of nitrogens with two attached hydrogens (primary N) is 1. The van der Waals surface area contributed by atoms with E-state index >= 15 is 0 Å². The van der Waals surface area contributed by atoms with Crippen molar-refractivity contribution >= 4 is 5.96 Å². The first-order chi connectivity index (χ1) is 6.77. The lowest BCUT2D eigenvalue weighted by Gasteiger charge is -2.07. The van der Waals surface area contributed by atoms with Gasteiger partial charge in [0.15, 0.2) is 0 Å². The summed E-state index contributed by atoms with van der Waals surface area (Å²) < 4.78 is 4.93. The summed E-state index contributed by atoms with van der Waals surface area (Å²) in [5, 5.41) is 3.24.